The number of amides is 1. The number of carbonyl (C=O) groups is 2. The van der Waals surface area contributed by atoms with Crippen molar-refractivity contribution < 1.29 is 23.6 Å². The Kier molecular flexibility index (Phi) is 4.32. The predicted octanol–water partition coefficient (Wildman–Crippen LogP) is 2.84. The highest BCUT2D eigenvalue weighted by Crippen LogP contribution is 2.58. The van der Waals surface area contributed by atoms with E-state index in [0.717, 1.165) is 0 Å². The molecular weight excluding hydrogens is 327 g/mol. The molecule has 1 saturated carbocycles. The summed E-state index contributed by atoms with van der Waals surface area (Å²) in [4.78, 5) is 23.7. The molecule has 6 nitrogen and oxygen atoms in total. The van der Waals surface area contributed by atoms with Crippen molar-refractivity contribution in [3.8, 4) is 11.3 Å². The number of aliphatic carboxylic acids is 1. The van der Waals surface area contributed by atoms with E-state index in [4.69, 9.17) is 4.52 Å². The maximum atomic E-state index is 13.0. The van der Waals surface area contributed by atoms with Gasteiger partial charge in [-0.25, -0.2) is 4.39 Å². The fourth-order valence-corrected chi connectivity index (χ4v) is 3.22. The lowest BCUT2D eigenvalue weighted by Crippen LogP contribution is -2.37. The van der Waals surface area contributed by atoms with Crippen LogP contribution >= 0.6 is 0 Å². The number of carboxylic acid groups (broad SMARTS) is 1. The summed E-state index contributed by atoms with van der Waals surface area (Å²) in [6.07, 6.45) is 0.353. The predicted molar refractivity (Wildman–Crippen MR) is 86.8 cm³/mol. The normalized spacial score (nSPS) is 22.0. The van der Waals surface area contributed by atoms with Crippen molar-refractivity contribution in [1.29, 1.82) is 0 Å². The quantitative estimate of drug-likeness (QED) is 0.839. The molecule has 1 heterocycles. The van der Waals surface area contributed by atoms with Gasteiger partial charge in [-0.1, -0.05) is 19.0 Å². The Morgan fingerprint density at radius 2 is 2.08 bits per heavy atom. The second kappa shape index (κ2) is 6.31. The number of benzene rings is 1. The summed E-state index contributed by atoms with van der Waals surface area (Å²) in [5, 5.41) is 15.8. The minimum atomic E-state index is -0.941. The molecule has 2 N–H and O–H groups in total. The summed E-state index contributed by atoms with van der Waals surface area (Å²) in [6, 6.07) is 7.47. The molecule has 1 amide bonds. The molecule has 1 aromatic heterocycles. The summed E-state index contributed by atoms with van der Waals surface area (Å²) >= 11 is 0. The maximum absolute atomic E-state index is 13.0. The highest BCUT2D eigenvalue weighted by atomic mass is 19.1. The monoisotopic (exact) mass is 346 g/mol. The van der Waals surface area contributed by atoms with Crippen LogP contribution in [0.4, 0.5) is 4.39 Å². The molecular formula is C18H19FN2O4. The Hall–Kier alpha value is -2.70. The van der Waals surface area contributed by atoms with E-state index in [9.17, 15) is 19.1 Å². The smallest absolute Gasteiger partial charge is 0.307 e. The van der Waals surface area contributed by atoms with Gasteiger partial charge in [0.05, 0.1) is 17.9 Å². The van der Waals surface area contributed by atoms with Gasteiger partial charge < -0.3 is 14.9 Å². The van der Waals surface area contributed by atoms with Gasteiger partial charge in [0, 0.05) is 11.6 Å². The lowest BCUT2D eigenvalue weighted by molar-refractivity contribution is -0.142. The molecule has 1 aliphatic carbocycles. The molecule has 0 unspecified atom stereocenters. The van der Waals surface area contributed by atoms with E-state index in [1.165, 1.54) is 12.1 Å². The van der Waals surface area contributed by atoms with Gasteiger partial charge in [-0.2, -0.15) is 0 Å². The number of hydrogen-bond donors (Lipinski definition) is 2. The van der Waals surface area contributed by atoms with Crippen molar-refractivity contribution in [1.82, 2.24) is 10.5 Å². The van der Waals surface area contributed by atoms with Crippen molar-refractivity contribution in [3.05, 3.63) is 41.8 Å². The molecule has 7 heteroatoms. The van der Waals surface area contributed by atoms with Crippen LogP contribution in [0.15, 0.2) is 34.9 Å². The molecule has 25 heavy (non-hydrogen) atoms. The van der Waals surface area contributed by atoms with Crippen LogP contribution in [0, 0.1) is 23.1 Å². The summed E-state index contributed by atoms with van der Waals surface area (Å²) in [7, 11) is 0. The number of nitrogens with one attached hydrogen (secondary N) is 1. The van der Waals surface area contributed by atoms with E-state index in [2.05, 4.69) is 10.5 Å². The van der Waals surface area contributed by atoms with Gasteiger partial charge in [0.15, 0.2) is 5.76 Å². The standard InChI is InChI=1S/C18H19FN2O4/c1-10(2)18(8-14(18)16(22)23)17(24)20-9-13-7-15(25-21-13)11-3-5-12(19)6-4-11/h3-7,10,14H,8-9H2,1-2H3,(H,20,24)(H,22,23)/t14-,18+/m0/s1. The lowest BCUT2D eigenvalue weighted by atomic mass is 9.88. The van der Waals surface area contributed by atoms with Crippen LogP contribution in [-0.2, 0) is 16.1 Å². The number of nitrogens with zero attached hydrogens (tertiary/aromatic N) is 1. The highest BCUT2D eigenvalue weighted by Gasteiger charge is 2.65. The van der Waals surface area contributed by atoms with Gasteiger partial charge in [0.2, 0.25) is 5.91 Å². The zero-order valence-corrected chi connectivity index (χ0v) is 14.0. The van der Waals surface area contributed by atoms with Crippen LogP contribution in [0.3, 0.4) is 0 Å². The Bertz CT molecular complexity index is 800. The fourth-order valence-electron chi connectivity index (χ4n) is 3.22. The first kappa shape index (κ1) is 17.1. The Labute approximate surface area is 144 Å². The molecule has 0 bridgehead atoms. The number of halogens is 1. The first-order valence-corrected chi connectivity index (χ1v) is 8.07. The molecule has 2 atom stereocenters. The Morgan fingerprint density at radius 3 is 2.64 bits per heavy atom. The van der Waals surface area contributed by atoms with Gasteiger partial charge in [-0.3, -0.25) is 9.59 Å². The van der Waals surface area contributed by atoms with E-state index in [-0.39, 0.29) is 24.2 Å². The van der Waals surface area contributed by atoms with Gasteiger partial charge >= 0.3 is 5.97 Å². The largest absolute Gasteiger partial charge is 0.481 e. The SMILES string of the molecule is CC(C)[C@]1(C(=O)NCc2cc(-c3ccc(F)cc3)on2)C[C@H]1C(=O)O. The minimum absolute atomic E-state index is 0.0688. The number of carbonyl (C=O) groups excluding carboxylic acids is 1. The molecule has 1 fully saturated rings. The van der Waals surface area contributed by atoms with E-state index in [0.29, 0.717) is 23.4 Å². The molecule has 0 radical (unpaired) electrons. The summed E-state index contributed by atoms with van der Waals surface area (Å²) in [5.74, 6) is -1.80. The van der Waals surface area contributed by atoms with Crippen LogP contribution < -0.4 is 5.32 Å². The molecule has 1 aliphatic rings. The van der Waals surface area contributed by atoms with Crippen molar-refractivity contribution in [2.24, 2.45) is 17.3 Å². The fraction of sp³-hybridized carbons (Fsp3) is 0.389. The van der Waals surface area contributed by atoms with Crippen molar-refractivity contribution in [2.45, 2.75) is 26.8 Å². The van der Waals surface area contributed by atoms with E-state index >= 15 is 0 Å². The van der Waals surface area contributed by atoms with Crippen molar-refractivity contribution >= 4 is 11.9 Å². The van der Waals surface area contributed by atoms with Gasteiger partial charge in [-0.05, 0) is 36.6 Å². The van der Waals surface area contributed by atoms with Crippen LogP contribution in [-0.4, -0.2) is 22.1 Å². The van der Waals surface area contributed by atoms with Crippen LogP contribution in [0.25, 0.3) is 11.3 Å². The number of aromatic nitrogens is 1. The number of rotatable bonds is 6. The highest BCUT2D eigenvalue weighted by molar-refractivity contribution is 5.93. The van der Waals surface area contributed by atoms with Crippen LogP contribution in [0.5, 0.6) is 0 Å². The van der Waals surface area contributed by atoms with Gasteiger partial charge in [0.1, 0.15) is 11.5 Å². The third kappa shape index (κ3) is 3.14. The molecule has 3 rings (SSSR count). The molecule has 132 valence electrons. The second-order valence-corrected chi connectivity index (χ2v) is 6.66. The first-order valence-electron chi connectivity index (χ1n) is 8.07. The average molecular weight is 346 g/mol. The molecule has 2 aromatic rings. The Morgan fingerprint density at radius 1 is 1.40 bits per heavy atom. The van der Waals surface area contributed by atoms with E-state index in [1.807, 2.05) is 13.8 Å². The number of carboxylic acids is 1. The zero-order valence-electron chi connectivity index (χ0n) is 14.0. The van der Waals surface area contributed by atoms with Crippen LogP contribution in [0.2, 0.25) is 0 Å². The van der Waals surface area contributed by atoms with Crippen molar-refractivity contribution in [2.75, 3.05) is 0 Å². The first-order chi connectivity index (χ1) is 11.8. The molecule has 0 aliphatic heterocycles. The van der Waals surface area contributed by atoms with E-state index in [1.54, 1.807) is 18.2 Å². The third-order valence-electron chi connectivity index (χ3n) is 4.87. The van der Waals surface area contributed by atoms with Gasteiger partial charge in [-0.15, -0.1) is 0 Å². The average Bonchev–Trinajstić information content (AvgIpc) is 3.19. The minimum Gasteiger partial charge on any atom is -0.481 e. The molecule has 1 aromatic carbocycles. The summed E-state index contributed by atoms with van der Waals surface area (Å²) in [6.45, 7) is 3.85. The molecule has 0 saturated heterocycles. The summed E-state index contributed by atoms with van der Waals surface area (Å²) < 4.78 is 18.2. The van der Waals surface area contributed by atoms with Crippen molar-refractivity contribution in [3.63, 3.8) is 0 Å². The number of hydrogen-bond acceptors (Lipinski definition) is 4. The zero-order chi connectivity index (χ0) is 18.2. The van der Waals surface area contributed by atoms with Crippen LogP contribution in [0.1, 0.15) is 26.0 Å². The second-order valence-electron chi connectivity index (χ2n) is 6.66. The van der Waals surface area contributed by atoms with Gasteiger partial charge in [0.25, 0.3) is 0 Å². The maximum Gasteiger partial charge on any atom is 0.307 e. The molecule has 0 spiro atoms. The third-order valence-corrected chi connectivity index (χ3v) is 4.87. The summed E-state index contributed by atoms with van der Waals surface area (Å²) in [5.41, 5.74) is 0.340. The topological polar surface area (TPSA) is 92.4 Å². The Balaban J connectivity index is 1.65. The lowest BCUT2D eigenvalue weighted by Gasteiger charge is -2.19. The van der Waals surface area contributed by atoms with E-state index < -0.39 is 17.3 Å².